The zero-order valence-corrected chi connectivity index (χ0v) is 10.5. The molecule has 0 aliphatic heterocycles. The summed E-state index contributed by atoms with van der Waals surface area (Å²) in [4.78, 5) is 27.2. The van der Waals surface area contributed by atoms with Gasteiger partial charge in [0.1, 0.15) is 0 Å². The minimum atomic E-state index is -0.520. The second kappa shape index (κ2) is 4.32. The highest BCUT2D eigenvalue weighted by atomic mass is 32.1. The highest BCUT2D eigenvalue weighted by Gasteiger charge is 2.07. The van der Waals surface area contributed by atoms with Crippen LogP contribution < -0.4 is 21.7 Å². The predicted octanol–water partition coefficient (Wildman–Crippen LogP) is 1.07. The molecule has 98 valence electrons. The van der Waals surface area contributed by atoms with Gasteiger partial charge in [-0.15, -0.1) is 0 Å². The Balaban J connectivity index is 1.89. The molecule has 0 saturated carbocycles. The van der Waals surface area contributed by atoms with Crippen LogP contribution in [0.2, 0.25) is 0 Å². The molecule has 0 atom stereocenters. The van der Waals surface area contributed by atoms with Gasteiger partial charge in [-0.2, -0.15) is 0 Å². The summed E-state index contributed by atoms with van der Waals surface area (Å²) in [7, 11) is 0. The van der Waals surface area contributed by atoms with Crippen LogP contribution in [0.1, 0.15) is 5.69 Å². The van der Waals surface area contributed by atoms with Gasteiger partial charge in [0.05, 0.1) is 23.4 Å². The summed E-state index contributed by atoms with van der Waals surface area (Å²) in [6, 6.07) is 3.27. The van der Waals surface area contributed by atoms with Crippen LogP contribution in [0.3, 0.4) is 0 Å². The SMILES string of the molecule is Nc1cc2oc(=O)[nH]c2cc1NCc1csc(=O)[nH]1. The van der Waals surface area contributed by atoms with Crippen molar-refractivity contribution in [1.29, 1.82) is 0 Å². The van der Waals surface area contributed by atoms with E-state index in [0.717, 1.165) is 17.0 Å². The Morgan fingerprint density at radius 2 is 2.16 bits per heavy atom. The minimum absolute atomic E-state index is 0.0978. The van der Waals surface area contributed by atoms with Gasteiger partial charge >= 0.3 is 10.6 Å². The van der Waals surface area contributed by atoms with Crippen molar-refractivity contribution < 1.29 is 4.42 Å². The van der Waals surface area contributed by atoms with E-state index in [1.165, 1.54) is 0 Å². The molecule has 0 bridgehead atoms. The normalized spacial score (nSPS) is 10.9. The molecule has 1 aromatic carbocycles. The number of fused-ring (bicyclic) bond motifs is 1. The molecule has 5 N–H and O–H groups in total. The summed E-state index contributed by atoms with van der Waals surface area (Å²) >= 11 is 1.10. The van der Waals surface area contributed by atoms with Crippen LogP contribution in [0.5, 0.6) is 0 Å². The van der Waals surface area contributed by atoms with E-state index in [1.54, 1.807) is 17.5 Å². The van der Waals surface area contributed by atoms with E-state index in [0.29, 0.717) is 29.0 Å². The highest BCUT2D eigenvalue weighted by molar-refractivity contribution is 7.07. The Morgan fingerprint density at radius 1 is 1.32 bits per heavy atom. The number of nitrogen functional groups attached to an aromatic ring is 1. The van der Waals surface area contributed by atoms with Crippen molar-refractivity contribution in [2.75, 3.05) is 11.1 Å². The van der Waals surface area contributed by atoms with E-state index < -0.39 is 5.76 Å². The number of H-pyrrole nitrogens is 2. The molecule has 0 radical (unpaired) electrons. The van der Waals surface area contributed by atoms with Crippen molar-refractivity contribution in [2.45, 2.75) is 6.54 Å². The first-order valence-corrected chi connectivity index (χ1v) is 6.33. The first-order valence-electron chi connectivity index (χ1n) is 5.45. The number of aromatic amines is 2. The molecular formula is C11H10N4O3S. The number of oxazole rings is 1. The third-order valence-corrected chi connectivity index (χ3v) is 3.35. The largest absolute Gasteiger partial charge is 0.417 e. The van der Waals surface area contributed by atoms with Gasteiger partial charge < -0.3 is 20.5 Å². The fraction of sp³-hybridized carbons (Fsp3) is 0.0909. The monoisotopic (exact) mass is 278 g/mol. The standard InChI is InChI=1S/C11H10N4O3S/c12-6-1-9-8(15-10(16)18-9)2-7(6)13-3-5-4-19-11(17)14-5/h1-2,4,13H,3,12H2,(H,14,17)(H,15,16). The summed E-state index contributed by atoms with van der Waals surface area (Å²) in [6.45, 7) is 0.441. The summed E-state index contributed by atoms with van der Waals surface area (Å²) in [5.41, 5.74) is 8.74. The molecule has 7 nitrogen and oxygen atoms in total. The van der Waals surface area contributed by atoms with E-state index in [4.69, 9.17) is 10.2 Å². The lowest BCUT2D eigenvalue weighted by Crippen LogP contribution is -2.04. The highest BCUT2D eigenvalue weighted by Crippen LogP contribution is 2.24. The summed E-state index contributed by atoms with van der Waals surface area (Å²) in [5, 5.41) is 4.83. The van der Waals surface area contributed by atoms with E-state index in [-0.39, 0.29) is 4.87 Å². The fourth-order valence-electron chi connectivity index (χ4n) is 1.76. The van der Waals surface area contributed by atoms with Gasteiger partial charge in [0.25, 0.3) is 0 Å². The lowest BCUT2D eigenvalue weighted by molar-refractivity contribution is 0.555. The van der Waals surface area contributed by atoms with Crippen LogP contribution in [0.4, 0.5) is 11.4 Å². The van der Waals surface area contributed by atoms with Crippen LogP contribution in [0.15, 0.2) is 31.5 Å². The van der Waals surface area contributed by atoms with Gasteiger partial charge in [-0.05, 0) is 6.07 Å². The molecule has 3 aromatic rings. The van der Waals surface area contributed by atoms with Crippen LogP contribution >= 0.6 is 11.3 Å². The Bertz CT molecular complexity index is 841. The molecule has 0 aliphatic carbocycles. The maximum Gasteiger partial charge on any atom is 0.417 e. The molecule has 2 heterocycles. The van der Waals surface area contributed by atoms with Gasteiger partial charge in [-0.1, -0.05) is 11.3 Å². The molecule has 2 aromatic heterocycles. The summed E-state index contributed by atoms with van der Waals surface area (Å²) in [5.74, 6) is -0.520. The van der Waals surface area contributed by atoms with E-state index >= 15 is 0 Å². The van der Waals surface area contributed by atoms with Crippen LogP contribution in [-0.4, -0.2) is 9.97 Å². The first kappa shape index (κ1) is 11.6. The van der Waals surface area contributed by atoms with Crippen LogP contribution in [0.25, 0.3) is 11.1 Å². The number of thiazole rings is 1. The van der Waals surface area contributed by atoms with E-state index in [2.05, 4.69) is 15.3 Å². The molecule has 0 spiro atoms. The zero-order chi connectivity index (χ0) is 13.4. The molecule has 8 heteroatoms. The Morgan fingerprint density at radius 3 is 2.89 bits per heavy atom. The average Bonchev–Trinajstić information content (AvgIpc) is 2.91. The molecule has 19 heavy (non-hydrogen) atoms. The van der Waals surface area contributed by atoms with Gasteiger partial charge in [-0.25, -0.2) is 4.79 Å². The number of aromatic nitrogens is 2. The minimum Gasteiger partial charge on any atom is -0.408 e. The number of nitrogens with one attached hydrogen (secondary N) is 3. The topological polar surface area (TPSA) is 117 Å². The number of hydrogen-bond acceptors (Lipinski definition) is 6. The molecule has 0 saturated heterocycles. The molecule has 0 fully saturated rings. The first-order chi connectivity index (χ1) is 9.11. The Hall–Kier alpha value is -2.48. The maximum absolute atomic E-state index is 11.1. The third-order valence-electron chi connectivity index (χ3n) is 2.63. The zero-order valence-electron chi connectivity index (χ0n) is 9.65. The Labute approximate surface area is 110 Å². The third kappa shape index (κ3) is 2.25. The van der Waals surface area contributed by atoms with Gasteiger partial charge in [-0.3, -0.25) is 9.78 Å². The van der Waals surface area contributed by atoms with Crippen molar-refractivity contribution >= 4 is 33.8 Å². The number of benzene rings is 1. The van der Waals surface area contributed by atoms with Gasteiger partial charge in [0.15, 0.2) is 5.58 Å². The van der Waals surface area contributed by atoms with Gasteiger partial charge in [0.2, 0.25) is 0 Å². The number of nitrogens with two attached hydrogens (primary N) is 1. The van der Waals surface area contributed by atoms with Crippen molar-refractivity contribution in [3.05, 3.63) is 43.4 Å². The maximum atomic E-state index is 11.1. The van der Waals surface area contributed by atoms with Crippen molar-refractivity contribution in [3.63, 3.8) is 0 Å². The van der Waals surface area contributed by atoms with Crippen molar-refractivity contribution in [1.82, 2.24) is 9.97 Å². The van der Waals surface area contributed by atoms with Crippen molar-refractivity contribution in [3.8, 4) is 0 Å². The number of anilines is 2. The number of rotatable bonds is 3. The fourth-order valence-corrected chi connectivity index (χ4v) is 2.34. The van der Waals surface area contributed by atoms with Crippen LogP contribution in [-0.2, 0) is 6.54 Å². The van der Waals surface area contributed by atoms with Gasteiger partial charge in [0, 0.05) is 17.1 Å². The molecule has 3 rings (SSSR count). The Kier molecular flexibility index (Phi) is 2.64. The molecule has 0 aliphatic rings. The van der Waals surface area contributed by atoms with E-state index in [9.17, 15) is 9.59 Å². The van der Waals surface area contributed by atoms with E-state index in [1.807, 2.05) is 0 Å². The number of hydrogen-bond donors (Lipinski definition) is 4. The lowest BCUT2D eigenvalue weighted by atomic mass is 10.2. The molecule has 0 unspecified atom stereocenters. The smallest absolute Gasteiger partial charge is 0.408 e. The molecule has 0 amide bonds. The van der Waals surface area contributed by atoms with Crippen molar-refractivity contribution in [2.24, 2.45) is 0 Å². The second-order valence-corrected chi connectivity index (χ2v) is 4.82. The summed E-state index contributed by atoms with van der Waals surface area (Å²) < 4.78 is 4.91. The quantitative estimate of drug-likeness (QED) is 0.534. The predicted molar refractivity (Wildman–Crippen MR) is 73.5 cm³/mol. The average molecular weight is 278 g/mol. The summed E-state index contributed by atoms with van der Waals surface area (Å²) in [6.07, 6.45) is 0. The molecular weight excluding hydrogens is 268 g/mol. The second-order valence-electron chi connectivity index (χ2n) is 3.98. The van der Waals surface area contributed by atoms with Crippen LogP contribution in [0, 0.1) is 0 Å². The lowest BCUT2D eigenvalue weighted by Gasteiger charge is -2.07.